The quantitative estimate of drug-likeness (QED) is 0.937. The molecule has 0 aliphatic rings. The average Bonchev–Trinajstić information content (AvgIpc) is 2.86. The van der Waals surface area contributed by atoms with Gasteiger partial charge < -0.3 is 5.11 Å². The van der Waals surface area contributed by atoms with Gasteiger partial charge in [0.05, 0.1) is 15.6 Å². The predicted octanol–water partition coefficient (Wildman–Crippen LogP) is 3.56. The van der Waals surface area contributed by atoms with Crippen molar-refractivity contribution in [2.24, 2.45) is 0 Å². The molecule has 1 atom stereocenters. The van der Waals surface area contributed by atoms with E-state index in [4.69, 9.17) is 0 Å². The average molecular weight is 315 g/mol. The summed E-state index contributed by atoms with van der Waals surface area (Å²) in [5, 5.41) is 14.5. The summed E-state index contributed by atoms with van der Waals surface area (Å²) >= 11 is 4.96. The maximum Gasteiger partial charge on any atom is 0.0938 e. The van der Waals surface area contributed by atoms with E-state index in [1.807, 2.05) is 29.1 Å². The number of rotatable bonds is 4. The van der Waals surface area contributed by atoms with E-state index < -0.39 is 6.10 Å². The molecule has 3 nitrogen and oxygen atoms in total. The fourth-order valence-electron chi connectivity index (χ4n) is 1.58. The van der Waals surface area contributed by atoms with Gasteiger partial charge in [0, 0.05) is 23.5 Å². The summed E-state index contributed by atoms with van der Waals surface area (Å²) in [6.45, 7) is 4.17. The Morgan fingerprint density at radius 1 is 1.41 bits per heavy atom. The Morgan fingerprint density at radius 3 is 2.71 bits per heavy atom. The minimum absolute atomic E-state index is 0.358. The summed E-state index contributed by atoms with van der Waals surface area (Å²) in [6, 6.07) is 6.22. The van der Waals surface area contributed by atoms with Crippen molar-refractivity contribution in [3.8, 4) is 0 Å². The van der Waals surface area contributed by atoms with Gasteiger partial charge >= 0.3 is 0 Å². The molecule has 92 valence electrons. The van der Waals surface area contributed by atoms with Crippen LogP contribution in [0.4, 0.5) is 0 Å². The molecule has 2 rings (SSSR count). The number of aliphatic hydroxyl groups is 1. The van der Waals surface area contributed by atoms with Crippen molar-refractivity contribution in [2.75, 3.05) is 0 Å². The molecule has 0 spiro atoms. The summed E-state index contributed by atoms with van der Waals surface area (Å²) in [4.78, 5) is 0.968. The Bertz CT molecular complexity index is 492. The lowest BCUT2D eigenvalue weighted by Crippen LogP contribution is -2.04. The molecule has 0 amide bonds. The van der Waals surface area contributed by atoms with E-state index in [1.54, 1.807) is 11.3 Å². The van der Waals surface area contributed by atoms with E-state index in [0.717, 1.165) is 14.4 Å². The van der Waals surface area contributed by atoms with Crippen molar-refractivity contribution in [3.05, 3.63) is 38.8 Å². The Hall–Kier alpha value is -0.650. The van der Waals surface area contributed by atoms with Gasteiger partial charge in [-0.15, -0.1) is 11.3 Å². The highest BCUT2D eigenvalue weighted by atomic mass is 79.9. The van der Waals surface area contributed by atoms with Crippen LogP contribution in [0.25, 0.3) is 0 Å². The zero-order chi connectivity index (χ0) is 12.4. The van der Waals surface area contributed by atoms with E-state index in [2.05, 4.69) is 34.9 Å². The third-order valence-electron chi connectivity index (χ3n) is 2.52. The Morgan fingerprint density at radius 2 is 2.18 bits per heavy atom. The smallest absolute Gasteiger partial charge is 0.0938 e. The van der Waals surface area contributed by atoms with Crippen LogP contribution in [-0.2, 0) is 6.42 Å². The maximum absolute atomic E-state index is 10.1. The van der Waals surface area contributed by atoms with Crippen LogP contribution < -0.4 is 0 Å². The fourth-order valence-corrected chi connectivity index (χ4v) is 2.99. The van der Waals surface area contributed by atoms with Crippen molar-refractivity contribution in [2.45, 2.75) is 32.4 Å². The van der Waals surface area contributed by atoms with Crippen LogP contribution in [0.5, 0.6) is 0 Å². The first kappa shape index (κ1) is 12.8. The SMILES string of the molecule is CC(C)n1ccc(CC(O)c2ccc(Br)s2)n1. The molecular weight excluding hydrogens is 300 g/mol. The number of thiophene rings is 1. The molecule has 0 saturated carbocycles. The Balaban J connectivity index is 2.05. The third-order valence-corrected chi connectivity index (χ3v) is 4.24. The van der Waals surface area contributed by atoms with Crippen molar-refractivity contribution >= 4 is 27.3 Å². The van der Waals surface area contributed by atoms with Gasteiger partial charge in [0.25, 0.3) is 0 Å². The molecule has 1 N–H and O–H groups in total. The highest BCUT2D eigenvalue weighted by Gasteiger charge is 2.13. The molecule has 0 bridgehead atoms. The van der Waals surface area contributed by atoms with Crippen LogP contribution in [0.15, 0.2) is 28.2 Å². The van der Waals surface area contributed by atoms with Gasteiger partial charge in [0.2, 0.25) is 0 Å². The van der Waals surface area contributed by atoms with E-state index in [-0.39, 0.29) is 0 Å². The summed E-state index contributed by atoms with van der Waals surface area (Å²) < 4.78 is 2.95. The van der Waals surface area contributed by atoms with E-state index >= 15 is 0 Å². The van der Waals surface area contributed by atoms with E-state index in [1.165, 1.54) is 0 Å². The molecule has 0 aromatic carbocycles. The summed E-state index contributed by atoms with van der Waals surface area (Å²) in [5.41, 5.74) is 0.927. The zero-order valence-corrected chi connectivity index (χ0v) is 12.2. The van der Waals surface area contributed by atoms with Crippen molar-refractivity contribution in [1.82, 2.24) is 9.78 Å². The standard InChI is InChI=1S/C12H15BrN2OS/c1-8(2)15-6-5-9(14-15)7-10(16)11-3-4-12(13)17-11/h3-6,8,10,16H,7H2,1-2H3. The second-order valence-electron chi connectivity index (χ2n) is 4.24. The second kappa shape index (κ2) is 5.33. The normalized spacial score (nSPS) is 13.2. The molecule has 0 fully saturated rings. The molecular formula is C12H15BrN2OS. The molecule has 0 aliphatic carbocycles. The molecule has 2 heterocycles. The van der Waals surface area contributed by atoms with Crippen LogP contribution in [0.1, 0.15) is 36.6 Å². The monoisotopic (exact) mass is 314 g/mol. The molecule has 0 aliphatic heterocycles. The van der Waals surface area contributed by atoms with Crippen molar-refractivity contribution in [1.29, 1.82) is 0 Å². The number of hydrogen-bond acceptors (Lipinski definition) is 3. The van der Waals surface area contributed by atoms with Gasteiger partial charge in [-0.2, -0.15) is 5.10 Å². The second-order valence-corrected chi connectivity index (χ2v) is 6.74. The minimum atomic E-state index is -0.471. The maximum atomic E-state index is 10.1. The van der Waals surface area contributed by atoms with E-state index in [0.29, 0.717) is 12.5 Å². The number of aromatic nitrogens is 2. The highest BCUT2D eigenvalue weighted by Crippen LogP contribution is 2.28. The van der Waals surface area contributed by atoms with Crippen molar-refractivity contribution < 1.29 is 5.11 Å². The largest absolute Gasteiger partial charge is 0.387 e. The summed E-state index contributed by atoms with van der Waals surface area (Å²) in [7, 11) is 0. The summed E-state index contributed by atoms with van der Waals surface area (Å²) in [5.74, 6) is 0. The van der Waals surface area contributed by atoms with Gasteiger partial charge in [0.15, 0.2) is 0 Å². The predicted molar refractivity (Wildman–Crippen MR) is 73.3 cm³/mol. The molecule has 5 heteroatoms. The lowest BCUT2D eigenvalue weighted by Gasteiger charge is -2.07. The first-order valence-corrected chi connectivity index (χ1v) is 7.14. The zero-order valence-electron chi connectivity index (χ0n) is 9.80. The topological polar surface area (TPSA) is 38.0 Å². The van der Waals surface area contributed by atoms with E-state index in [9.17, 15) is 5.11 Å². The van der Waals surface area contributed by atoms with Crippen LogP contribution in [-0.4, -0.2) is 14.9 Å². The van der Waals surface area contributed by atoms with Gasteiger partial charge in [-0.05, 0) is 48.0 Å². The Labute approximate surface area is 113 Å². The minimum Gasteiger partial charge on any atom is -0.387 e. The lowest BCUT2D eigenvalue weighted by molar-refractivity contribution is 0.180. The lowest BCUT2D eigenvalue weighted by atomic mass is 10.2. The molecule has 0 saturated heterocycles. The fraction of sp³-hybridized carbons (Fsp3) is 0.417. The first-order chi connectivity index (χ1) is 8.06. The van der Waals surface area contributed by atoms with Crippen molar-refractivity contribution in [3.63, 3.8) is 0 Å². The van der Waals surface area contributed by atoms with Crippen LogP contribution in [0.3, 0.4) is 0 Å². The van der Waals surface area contributed by atoms with Gasteiger partial charge in [-0.3, -0.25) is 4.68 Å². The van der Waals surface area contributed by atoms with Crippen LogP contribution >= 0.6 is 27.3 Å². The summed E-state index contributed by atoms with van der Waals surface area (Å²) in [6.07, 6.45) is 2.05. The van der Waals surface area contributed by atoms with Gasteiger partial charge in [-0.1, -0.05) is 0 Å². The molecule has 2 aromatic heterocycles. The number of halogens is 1. The van der Waals surface area contributed by atoms with Crippen LogP contribution in [0.2, 0.25) is 0 Å². The number of aliphatic hydroxyl groups excluding tert-OH is 1. The first-order valence-electron chi connectivity index (χ1n) is 5.53. The molecule has 2 aromatic rings. The van der Waals surface area contributed by atoms with Gasteiger partial charge in [-0.25, -0.2) is 0 Å². The highest BCUT2D eigenvalue weighted by molar-refractivity contribution is 9.11. The molecule has 17 heavy (non-hydrogen) atoms. The van der Waals surface area contributed by atoms with Crippen LogP contribution in [0, 0.1) is 0 Å². The molecule has 0 radical (unpaired) electrons. The molecule has 1 unspecified atom stereocenters. The third kappa shape index (κ3) is 3.18. The van der Waals surface area contributed by atoms with Gasteiger partial charge in [0.1, 0.15) is 0 Å². The number of hydrogen-bond donors (Lipinski definition) is 1. The Kier molecular flexibility index (Phi) is 4.01. The number of nitrogens with zero attached hydrogens (tertiary/aromatic N) is 2.